The number of rotatable bonds is 14. The number of allylic oxidation sites excluding steroid dienone is 1. The van der Waals surface area contributed by atoms with Crippen LogP contribution in [-0.4, -0.2) is 0 Å². The SMILES string of the molecule is CCCCCCCCCCCCCCCC=C(Cl)Cl. The van der Waals surface area contributed by atoms with Crippen LogP contribution in [0.5, 0.6) is 0 Å². The molecule has 0 spiro atoms. The Bertz CT molecular complexity index is 195. The largest absolute Gasteiger partial charge is 0.102 e. The minimum Gasteiger partial charge on any atom is -0.0713 e. The van der Waals surface area contributed by atoms with Crippen LogP contribution in [0, 0.1) is 0 Å². The molecular weight excluding hydrogens is 275 g/mol. The quantitative estimate of drug-likeness (QED) is 0.287. The fourth-order valence-corrected chi connectivity index (χ4v) is 2.59. The highest BCUT2D eigenvalue weighted by Crippen LogP contribution is 2.14. The lowest BCUT2D eigenvalue weighted by Gasteiger charge is -2.02. The molecule has 0 rings (SSSR count). The summed E-state index contributed by atoms with van der Waals surface area (Å²) in [4.78, 5) is 0. The van der Waals surface area contributed by atoms with Crippen LogP contribution in [0.15, 0.2) is 10.6 Å². The average Bonchev–Trinajstić information content (AvgIpc) is 2.39. The van der Waals surface area contributed by atoms with Gasteiger partial charge in [-0.3, -0.25) is 0 Å². The van der Waals surface area contributed by atoms with Gasteiger partial charge in [0.15, 0.2) is 0 Å². The van der Waals surface area contributed by atoms with Gasteiger partial charge >= 0.3 is 0 Å². The predicted molar refractivity (Wildman–Crippen MR) is 90.1 cm³/mol. The normalized spacial score (nSPS) is 10.7. The van der Waals surface area contributed by atoms with Crippen molar-refractivity contribution in [2.75, 3.05) is 0 Å². The van der Waals surface area contributed by atoms with E-state index in [9.17, 15) is 0 Å². The Morgan fingerprint density at radius 1 is 0.632 bits per heavy atom. The molecule has 0 bridgehead atoms. The molecule has 2 heteroatoms. The van der Waals surface area contributed by atoms with Gasteiger partial charge in [0.1, 0.15) is 4.49 Å². The second kappa shape index (κ2) is 16.4. The molecule has 0 aromatic carbocycles. The maximum atomic E-state index is 5.56. The van der Waals surface area contributed by atoms with Gasteiger partial charge in [0.2, 0.25) is 0 Å². The lowest BCUT2D eigenvalue weighted by Crippen LogP contribution is -1.82. The molecular formula is C17H32Cl2. The maximum Gasteiger partial charge on any atom is 0.102 e. The Balaban J connectivity index is 2.97. The minimum atomic E-state index is 0.416. The van der Waals surface area contributed by atoms with E-state index < -0.39 is 0 Å². The third-order valence-electron chi connectivity index (χ3n) is 3.61. The molecule has 0 aliphatic carbocycles. The van der Waals surface area contributed by atoms with Gasteiger partial charge in [-0.05, 0) is 12.8 Å². The van der Waals surface area contributed by atoms with Crippen LogP contribution in [0.2, 0.25) is 0 Å². The van der Waals surface area contributed by atoms with Crippen molar-refractivity contribution in [3.63, 3.8) is 0 Å². The molecule has 0 aromatic heterocycles. The van der Waals surface area contributed by atoms with E-state index in [1.54, 1.807) is 0 Å². The Morgan fingerprint density at radius 2 is 1.00 bits per heavy atom. The summed E-state index contributed by atoms with van der Waals surface area (Å²) in [6, 6.07) is 0. The van der Waals surface area contributed by atoms with Crippen LogP contribution in [0.25, 0.3) is 0 Å². The van der Waals surface area contributed by atoms with Crippen molar-refractivity contribution >= 4 is 23.2 Å². The van der Waals surface area contributed by atoms with Gasteiger partial charge in [0, 0.05) is 0 Å². The van der Waals surface area contributed by atoms with Crippen LogP contribution >= 0.6 is 23.2 Å². The van der Waals surface area contributed by atoms with E-state index in [2.05, 4.69) is 6.92 Å². The topological polar surface area (TPSA) is 0 Å². The van der Waals surface area contributed by atoms with Gasteiger partial charge in [0.25, 0.3) is 0 Å². The molecule has 0 aliphatic rings. The monoisotopic (exact) mass is 306 g/mol. The van der Waals surface area contributed by atoms with E-state index >= 15 is 0 Å². The third-order valence-corrected chi connectivity index (χ3v) is 3.91. The zero-order chi connectivity index (χ0) is 14.2. The molecule has 0 radical (unpaired) electrons. The zero-order valence-electron chi connectivity index (χ0n) is 12.7. The number of unbranched alkanes of at least 4 members (excludes halogenated alkanes) is 13. The second-order valence-electron chi connectivity index (χ2n) is 5.53. The Labute approximate surface area is 130 Å². The Kier molecular flexibility index (Phi) is 16.7. The summed E-state index contributed by atoms with van der Waals surface area (Å²) in [5, 5.41) is 0. The van der Waals surface area contributed by atoms with Gasteiger partial charge in [-0.15, -0.1) is 0 Å². The van der Waals surface area contributed by atoms with E-state index in [1.165, 1.54) is 83.5 Å². The lowest BCUT2D eigenvalue weighted by molar-refractivity contribution is 0.540. The second-order valence-corrected chi connectivity index (χ2v) is 6.53. The summed E-state index contributed by atoms with van der Waals surface area (Å²) in [5.41, 5.74) is 0. The summed E-state index contributed by atoms with van der Waals surface area (Å²) in [6.45, 7) is 2.28. The first-order chi connectivity index (χ1) is 9.27. The van der Waals surface area contributed by atoms with Crippen LogP contribution in [0.1, 0.15) is 96.8 Å². The third kappa shape index (κ3) is 18.3. The van der Waals surface area contributed by atoms with Crippen molar-refractivity contribution in [2.24, 2.45) is 0 Å². The molecule has 0 amide bonds. The Morgan fingerprint density at radius 3 is 1.37 bits per heavy atom. The van der Waals surface area contributed by atoms with Crippen LogP contribution in [0.4, 0.5) is 0 Å². The molecule has 0 atom stereocenters. The summed E-state index contributed by atoms with van der Waals surface area (Å²) < 4.78 is 0.416. The van der Waals surface area contributed by atoms with Crippen molar-refractivity contribution < 1.29 is 0 Å². The Hall–Kier alpha value is 0.320. The molecule has 0 unspecified atom stereocenters. The van der Waals surface area contributed by atoms with E-state index in [0.717, 1.165) is 6.42 Å². The summed E-state index contributed by atoms with van der Waals surface area (Å²) in [7, 11) is 0. The first-order valence-corrected chi connectivity index (χ1v) is 9.04. The van der Waals surface area contributed by atoms with E-state index in [0.29, 0.717) is 4.49 Å². The van der Waals surface area contributed by atoms with Crippen molar-refractivity contribution in [2.45, 2.75) is 96.8 Å². The lowest BCUT2D eigenvalue weighted by atomic mass is 10.0. The highest BCUT2D eigenvalue weighted by molar-refractivity contribution is 6.55. The molecule has 0 fully saturated rings. The summed E-state index contributed by atoms with van der Waals surface area (Å²) in [5.74, 6) is 0. The van der Waals surface area contributed by atoms with Crippen molar-refractivity contribution in [3.05, 3.63) is 10.6 Å². The molecule has 0 saturated carbocycles. The number of hydrogen-bond acceptors (Lipinski definition) is 0. The number of hydrogen-bond donors (Lipinski definition) is 0. The van der Waals surface area contributed by atoms with Gasteiger partial charge in [-0.1, -0.05) is 113 Å². The molecule has 0 N–H and O–H groups in total. The summed E-state index contributed by atoms with van der Waals surface area (Å²) >= 11 is 11.1. The van der Waals surface area contributed by atoms with Crippen molar-refractivity contribution in [1.29, 1.82) is 0 Å². The van der Waals surface area contributed by atoms with Crippen molar-refractivity contribution in [1.82, 2.24) is 0 Å². The zero-order valence-corrected chi connectivity index (χ0v) is 14.2. The number of halogens is 2. The molecule has 0 heterocycles. The molecule has 0 saturated heterocycles. The van der Waals surface area contributed by atoms with Crippen LogP contribution in [0.3, 0.4) is 0 Å². The van der Waals surface area contributed by atoms with Gasteiger partial charge in [0.05, 0.1) is 0 Å². The first kappa shape index (κ1) is 19.3. The highest BCUT2D eigenvalue weighted by atomic mass is 35.5. The van der Waals surface area contributed by atoms with Crippen LogP contribution in [-0.2, 0) is 0 Å². The summed E-state index contributed by atoms with van der Waals surface area (Å²) in [6.07, 6.45) is 21.1. The predicted octanol–water partition coefficient (Wildman–Crippen LogP) is 7.79. The average molecular weight is 307 g/mol. The van der Waals surface area contributed by atoms with Gasteiger partial charge in [-0.25, -0.2) is 0 Å². The fourth-order valence-electron chi connectivity index (χ4n) is 2.37. The van der Waals surface area contributed by atoms with E-state index in [4.69, 9.17) is 23.2 Å². The van der Waals surface area contributed by atoms with Crippen LogP contribution < -0.4 is 0 Å². The van der Waals surface area contributed by atoms with E-state index in [-0.39, 0.29) is 0 Å². The smallest absolute Gasteiger partial charge is 0.0713 e. The van der Waals surface area contributed by atoms with Gasteiger partial charge in [-0.2, -0.15) is 0 Å². The standard InChI is InChI=1S/C17H32Cl2/c1-2-3-4-5-6-7-8-9-10-11-12-13-14-15-16-17(18)19/h16H,2-15H2,1H3. The molecule has 19 heavy (non-hydrogen) atoms. The minimum absolute atomic E-state index is 0.416. The molecule has 0 aliphatic heterocycles. The molecule has 114 valence electrons. The highest BCUT2D eigenvalue weighted by Gasteiger charge is 1.93. The first-order valence-electron chi connectivity index (χ1n) is 8.28. The molecule has 0 aromatic rings. The maximum absolute atomic E-state index is 5.56. The van der Waals surface area contributed by atoms with E-state index in [1.807, 2.05) is 6.08 Å². The van der Waals surface area contributed by atoms with Gasteiger partial charge < -0.3 is 0 Å². The fraction of sp³-hybridized carbons (Fsp3) is 0.882. The van der Waals surface area contributed by atoms with Crippen molar-refractivity contribution in [3.8, 4) is 0 Å². The molecule has 0 nitrogen and oxygen atoms in total.